The fourth-order valence-corrected chi connectivity index (χ4v) is 3.71. The van der Waals surface area contributed by atoms with E-state index < -0.39 is 6.36 Å². The number of rotatable bonds is 8. The van der Waals surface area contributed by atoms with Crippen molar-refractivity contribution in [3.8, 4) is 5.75 Å². The number of nitrogens with zero attached hydrogens (tertiary/aromatic N) is 2. The smallest absolute Gasteiger partial charge is 0.406 e. The summed E-state index contributed by atoms with van der Waals surface area (Å²) in [6.07, 6.45) is -3.86. The average Bonchev–Trinajstić information content (AvgIpc) is 3.00. The highest BCUT2D eigenvalue weighted by molar-refractivity contribution is 8.02. The van der Waals surface area contributed by atoms with E-state index in [1.807, 2.05) is 6.92 Å². The fraction of sp³-hybridized carbons (Fsp3) is 0.400. The molecule has 0 unspecified atom stereocenters. The maximum atomic E-state index is 12.1. The Morgan fingerprint density at radius 1 is 1.31 bits per heavy atom. The number of hydrogen-bond acceptors (Lipinski definition) is 7. The molecule has 0 fully saturated rings. The number of anilines is 2. The molecule has 0 aliphatic carbocycles. The summed E-state index contributed by atoms with van der Waals surface area (Å²) < 4.78 is 40.8. The molecule has 6 nitrogen and oxygen atoms in total. The van der Waals surface area contributed by atoms with Crippen LogP contribution in [0.15, 0.2) is 28.6 Å². The standard InChI is InChI=1S/C15H17F3N4O2S2/c1-3-8-19-12(23)9(2)25-14-22-21-13(26-14)20-10-4-6-11(7-5-10)24-15(16,17)18/h4-7,9H,3,8H2,1-2H3,(H,19,23)(H,20,21)/t9-/m0/s1. The molecule has 0 saturated carbocycles. The lowest BCUT2D eigenvalue weighted by Gasteiger charge is -2.09. The molecule has 1 aromatic heterocycles. The van der Waals surface area contributed by atoms with E-state index in [9.17, 15) is 18.0 Å². The third kappa shape index (κ3) is 6.71. The summed E-state index contributed by atoms with van der Waals surface area (Å²) in [4.78, 5) is 11.9. The van der Waals surface area contributed by atoms with Crippen molar-refractivity contribution in [3.05, 3.63) is 24.3 Å². The minimum atomic E-state index is -4.72. The van der Waals surface area contributed by atoms with Gasteiger partial charge in [0, 0.05) is 12.2 Å². The van der Waals surface area contributed by atoms with E-state index in [0.29, 0.717) is 21.7 Å². The SMILES string of the molecule is CCCNC(=O)[C@H](C)Sc1nnc(Nc2ccc(OC(F)(F)F)cc2)s1. The van der Waals surface area contributed by atoms with E-state index in [2.05, 4.69) is 25.6 Å². The Balaban J connectivity index is 1.90. The van der Waals surface area contributed by atoms with Gasteiger partial charge in [0.15, 0.2) is 4.34 Å². The lowest BCUT2D eigenvalue weighted by molar-refractivity contribution is -0.274. The maximum Gasteiger partial charge on any atom is 0.573 e. The van der Waals surface area contributed by atoms with Gasteiger partial charge in [0.1, 0.15) is 5.75 Å². The largest absolute Gasteiger partial charge is 0.573 e. The number of amides is 1. The molecule has 0 aliphatic rings. The summed E-state index contributed by atoms with van der Waals surface area (Å²) in [5, 5.41) is 13.9. The molecule has 26 heavy (non-hydrogen) atoms. The monoisotopic (exact) mass is 406 g/mol. The quantitative estimate of drug-likeness (QED) is 0.641. The predicted molar refractivity (Wildman–Crippen MR) is 94.9 cm³/mol. The number of benzene rings is 1. The highest BCUT2D eigenvalue weighted by Crippen LogP contribution is 2.31. The van der Waals surface area contributed by atoms with Crippen LogP contribution in [-0.4, -0.2) is 34.3 Å². The Kier molecular flexibility index (Phi) is 7.09. The molecule has 0 aliphatic heterocycles. The first kappa shape index (κ1) is 20.3. The molecule has 2 N–H and O–H groups in total. The molecule has 1 atom stereocenters. The van der Waals surface area contributed by atoms with Crippen molar-refractivity contribution in [3.63, 3.8) is 0 Å². The van der Waals surface area contributed by atoms with Crippen LogP contribution in [0.2, 0.25) is 0 Å². The van der Waals surface area contributed by atoms with E-state index >= 15 is 0 Å². The molecule has 142 valence electrons. The fourth-order valence-electron chi connectivity index (χ4n) is 1.77. The van der Waals surface area contributed by atoms with Crippen molar-refractivity contribution in [2.45, 2.75) is 36.2 Å². The number of carbonyl (C=O) groups excluding carboxylic acids is 1. The topological polar surface area (TPSA) is 76.1 Å². The molecular formula is C15H17F3N4O2S2. The number of ether oxygens (including phenoxy) is 1. The van der Waals surface area contributed by atoms with Gasteiger partial charge in [-0.25, -0.2) is 0 Å². The lowest BCUT2D eigenvalue weighted by Crippen LogP contribution is -2.31. The zero-order valence-corrected chi connectivity index (χ0v) is 15.6. The zero-order chi connectivity index (χ0) is 19.2. The lowest BCUT2D eigenvalue weighted by atomic mass is 10.3. The highest BCUT2D eigenvalue weighted by Gasteiger charge is 2.30. The highest BCUT2D eigenvalue weighted by atomic mass is 32.2. The molecule has 2 aromatic rings. The number of halogens is 3. The molecule has 0 spiro atoms. The van der Waals surface area contributed by atoms with Crippen LogP contribution in [0.5, 0.6) is 5.75 Å². The number of alkyl halides is 3. The van der Waals surface area contributed by atoms with Gasteiger partial charge >= 0.3 is 6.36 Å². The molecule has 0 radical (unpaired) electrons. The normalized spacial score (nSPS) is 12.5. The Labute approximate surface area is 156 Å². The van der Waals surface area contributed by atoms with Gasteiger partial charge in [-0.1, -0.05) is 30.0 Å². The van der Waals surface area contributed by atoms with E-state index in [-0.39, 0.29) is 16.9 Å². The van der Waals surface area contributed by atoms with Crippen LogP contribution in [-0.2, 0) is 4.79 Å². The summed E-state index contributed by atoms with van der Waals surface area (Å²) in [7, 11) is 0. The van der Waals surface area contributed by atoms with Crippen LogP contribution in [0.4, 0.5) is 24.0 Å². The summed E-state index contributed by atoms with van der Waals surface area (Å²) in [5.74, 6) is -0.370. The van der Waals surface area contributed by atoms with Crippen LogP contribution in [0.25, 0.3) is 0 Å². The second kappa shape index (κ2) is 9.08. The first-order valence-electron chi connectivity index (χ1n) is 7.67. The number of nitrogens with one attached hydrogen (secondary N) is 2. The summed E-state index contributed by atoms with van der Waals surface area (Å²) in [6.45, 7) is 4.38. The summed E-state index contributed by atoms with van der Waals surface area (Å²) >= 11 is 2.54. The minimum Gasteiger partial charge on any atom is -0.406 e. The summed E-state index contributed by atoms with van der Waals surface area (Å²) in [5.41, 5.74) is 0.543. The van der Waals surface area contributed by atoms with E-state index in [4.69, 9.17) is 0 Å². The van der Waals surface area contributed by atoms with Crippen LogP contribution in [0, 0.1) is 0 Å². The number of carbonyl (C=O) groups is 1. The molecule has 0 saturated heterocycles. The Bertz CT molecular complexity index is 722. The van der Waals surface area contributed by atoms with Crippen molar-refractivity contribution < 1.29 is 22.7 Å². The average molecular weight is 406 g/mol. The van der Waals surface area contributed by atoms with Crippen molar-refractivity contribution in [2.24, 2.45) is 0 Å². The third-order valence-corrected chi connectivity index (χ3v) is 4.96. The minimum absolute atomic E-state index is 0.0678. The van der Waals surface area contributed by atoms with Crippen molar-refractivity contribution in [2.75, 3.05) is 11.9 Å². The van der Waals surface area contributed by atoms with Gasteiger partial charge in [0.05, 0.1) is 5.25 Å². The van der Waals surface area contributed by atoms with Crippen molar-refractivity contribution in [1.82, 2.24) is 15.5 Å². The second-order valence-electron chi connectivity index (χ2n) is 5.12. The van der Waals surface area contributed by atoms with E-state index in [1.165, 1.54) is 47.4 Å². The van der Waals surface area contributed by atoms with Gasteiger partial charge in [0.2, 0.25) is 11.0 Å². The van der Waals surface area contributed by atoms with Crippen molar-refractivity contribution in [1.29, 1.82) is 0 Å². The molecule has 1 amide bonds. The predicted octanol–water partition coefficient (Wildman–Crippen LogP) is 4.19. The van der Waals surface area contributed by atoms with Gasteiger partial charge in [-0.2, -0.15) is 0 Å². The third-order valence-electron chi connectivity index (χ3n) is 2.94. The number of hydrogen-bond donors (Lipinski definition) is 2. The van der Waals surface area contributed by atoms with Gasteiger partial charge in [-0.15, -0.1) is 23.4 Å². The summed E-state index contributed by atoms with van der Waals surface area (Å²) in [6, 6.07) is 5.28. The zero-order valence-electron chi connectivity index (χ0n) is 14.0. The Morgan fingerprint density at radius 2 is 2.00 bits per heavy atom. The molecule has 1 aromatic carbocycles. The van der Waals surface area contributed by atoms with Gasteiger partial charge < -0.3 is 15.4 Å². The number of thioether (sulfide) groups is 1. The first-order chi connectivity index (χ1) is 12.3. The Morgan fingerprint density at radius 3 is 2.62 bits per heavy atom. The second-order valence-corrected chi connectivity index (χ2v) is 7.69. The Hall–Kier alpha value is -2.01. The molecule has 0 bridgehead atoms. The van der Waals surface area contributed by atoms with Gasteiger partial charge in [0.25, 0.3) is 0 Å². The van der Waals surface area contributed by atoms with E-state index in [0.717, 1.165) is 6.42 Å². The number of aromatic nitrogens is 2. The van der Waals surface area contributed by atoms with E-state index in [1.54, 1.807) is 6.92 Å². The van der Waals surface area contributed by atoms with Crippen molar-refractivity contribution >= 4 is 39.8 Å². The molecule has 1 heterocycles. The van der Waals surface area contributed by atoms with Crippen LogP contribution >= 0.6 is 23.1 Å². The maximum absolute atomic E-state index is 12.1. The molecule has 11 heteroatoms. The van der Waals surface area contributed by atoms with Crippen LogP contribution < -0.4 is 15.4 Å². The van der Waals surface area contributed by atoms with Gasteiger partial charge in [-0.3, -0.25) is 4.79 Å². The van der Waals surface area contributed by atoms with Crippen LogP contribution in [0.3, 0.4) is 0 Å². The molecule has 2 rings (SSSR count). The molecular weight excluding hydrogens is 389 g/mol. The van der Waals surface area contributed by atoms with Crippen LogP contribution in [0.1, 0.15) is 20.3 Å². The first-order valence-corrected chi connectivity index (χ1v) is 9.37. The van der Waals surface area contributed by atoms with Gasteiger partial charge in [-0.05, 0) is 37.6 Å².